The molecule has 7 nitrogen and oxygen atoms in total. The number of hydrogen-bond donors (Lipinski definition) is 1. The summed E-state index contributed by atoms with van der Waals surface area (Å²) in [5, 5.41) is 14.5. The average molecular weight is 326 g/mol. The maximum Gasteiger partial charge on any atom is 0.269 e. The number of hydrazone groups is 1. The van der Waals surface area contributed by atoms with Crippen LogP contribution in [0.3, 0.4) is 0 Å². The number of nitro groups is 1. The molecular formula is C17H18N4O3. The van der Waals surface area contributed by atoms with Crippen LogP contribution in [0.1, 0.15) is 11.1 Å². The van der Waals surface area contributed by atoms with Gasteiger partial charge in [0, 0.05) is 31.9 Å². The van der Waals surface area contributed by atoms with Gasteiger partial charge < -0.3 is 4.90 Å². The second kappa shape index (κ2) is 7.87. The molecular weight excluding hydrogens is 308 g/mol. The van der Waals surface area contributed by atoms with Crippen LogP contribution < -0.4 is 10.3 Å². The van der Waals surface area contributed by atoms with E-state index in [0.717, 1.165) is 11.3 Å². The van der Waals surface area contributed by atoms with E-state index in [9.17, 15) is 14.9 Å². The molecule has 7 heteroatoms. The van der Waals surface area contributed by atoms with Crippen LogP contribution in [0.25, 0.3) is 0 Å². The first kappa shape index (κ1) is 17.1. The van der Waals surface area contributed by atoms with Crippen LogP contribution >= 0.6 is 0 Å². The third-order valence-electron chi connectivity index (χ3n) is 3.32. The third kappa shape index (κ3) is 4.91. The number of amides is 1. The van der Waals surface area contributed by atoms with E-state index in [2.05, 4.69) is 10.5 Å². The molecule has 0 atom stereocenters. The molecule has 0 fully saturated rings. The molecule has 0 radical (unpaired) electrons. The molecule has 0 bridgehead atoms. The van der Waals surface area contributed by atoms with E-state index in [4.69, 9.17) is 0 Å². The minimum atomic E-state index is -0.476. The molecule has 1 amide bonds. The van der Waals surface area contributed by atoms with Crippen LogP contribution in [0, 0.1) is 10.1 Å². The monoisotopic (exact) mass is 326 g/mol. The van der Waals surface area contributed by atoms with Gasteiger partial charge in [-0.1, -0.05) is 24.3 Å². The van der Waals surface area contributed by atoms with Gasteiger partial charge in [-0.15, -0.1) is 0 Å². The summed E-state index contributed by atoms with van der Waals surface area (Å²) in [7, 11) is 3.92. The van der Waals surface area contributed by atoms with Crippen molar-refractivity contribution < 1.29 is 9.72 Å². The summed E-state index contributed by atoms with van der Waals surface area (Å²) in [6.45, 7) is 0. The Balaban J connectivity index is 1.87. The molecule has 0 saturated carbocycles. The Kier molecular flexibility index (Phi) is 5.62. The molecule has 124 valence electrons. The highest BCUT2D eigenvalue weighted by Crippen LogP contribution is 2.12. The first-order chi connectivity index (χ1) is 11.5. The molecule has 0 aliphatic heterocycles. The molecule has 0 saturated heterocycles. The van der Waals surface area contributed by atoms with Gasteiger partial charge in [0.25, 0.3) is 5.69 Å². The number of nitrogens with zero attached hydrogens (tertiary/aromatic N) is 3. The Morgan fingerprint density at radius 1 is 1.17 bits per heavy atom. The van der Waals surface area contributed by atoms with Crippen molar-refractivity contribution in [1.29, 1.82) is 0 Å². The summed E-state index contributed by atoms with van der Waals surface area (Å²) in [5.74, 6) is -0.287. The van der Waals surface area contributed by atoms with Crippen molar-refractivity contribution in [2.24, 2.45) is 5.10 Å². The highest BCUT2D eigenvalue weighted by molar-refractivity contribution is 5.83. The zero-order valence-corrected chi connectivity index (χ0v) is 13.5. The second-order valence-electron chi connectivity index (χ2n) is 5.38. The van der Waals surface area contributed by atoms with Gasteiger partial charge in [0.1, 0.15) is 0 Å². The molecule has 0 aromatic heterocycles. The number of anilines is 1. The van der Waals surface area contributed by atoms with Crippen LogP contribution in [0.5, 0.6) is 0 Å². The van der Waals surface area contributed by atoms with Gasteiger partial charge in [0.05, 0.1) is 17.6 Å². The van der Waals surface area contributed by atoms with E-state index in [1.54, 1.807) is 18.3 Å². The Bertz CT molecular complexity index is 737. The number of rotatable bonds is 6. The lowest BCUT2D eigenvalue weighted by Crippen LogP contribution is -2.19. The van der Waals surface area contributed by atoms with E-state index in [1.807, 2.05) is 43.3 Å². The molecule has 0 heterocycles. The van der Waals surface area contributed by atoms with Crippen molar-refractivity contribution in [1.82, 2.24) is 5.43 Å². The van der Waals surface area contributed by atoms with Crippen LogP contribution in [0.4, 0.5) is 11.4 Å². The SMILES string of the molecule is CN(C)c1ccc(/C=N\NC(=O)Cc2ccc([N+](=O)[O-])cc2)cc1. The van der Waals surface area contributed by atoms with Crippen LogP contribution in [-0.2, 0) is 11.2 Å². The Hall–Kier alpha value is -3.22. The normalized spacial score (nSPS) is 10.6. The zero-order chi connectivity index (χ0) is 17.5. The van der Waals surface area contributed by atoms with Crippen molar-refractivity contribution in [3.05, 3.63) is 69.8 Å². The number of carbonyl (C=O) groups is 1. The first-order valence-corrected chi connectivity index (χ1v) is 7.28. The molecule has 0 spiro atoms. The first-order valence-electron chi connectivity index (χ1n) is 7.28. The zero-order valence-electron chi connectivity index (χ0n) is 13.5. The molecule has 0 unspecified atom stereocenters. The van der Waals surface area contributed by atoms with E-state index in [0.29, 0.717) is 5.56 Å². The lowest BCUT2D eigenvalue weighted by atomic mass is 10.1. The molecule has 2 aromatic rings. The minimum Gasteiger partial charge on any atom is -0.378 e. The Labute approximate surface area is 139 Å². The predicted octanol–water partition coefficient (Wildman–Crippen LogP) is 2.35. The summed E-state index contributed by atoms with van der Waals surface area (Å²) in [5.41, 5.74) is 5.07. The smallest absolute Gasteiger partial charge is 0.269 e. The highest BCUT2D eigenvalue weighted by Gasteiger charge is 2.06. The summed E-state index contributed by atoms with van der Waals surface area (Å²) in [6.07, 6.45) is 1.67. The summed E-state index contributed by atoms with van der Waals surface area (Å²) < 4.78 is 0. The standard InChI is InChI=1S/C17H18N4O3/c1-20(2)15-7-5-14(6-8-15)12-18-19-17(22)11-13-3-9-16(10-4-13)21(23)24/h3-10,12H,11H2,1-2H3,(H,19,22)/b18-12-. The van der Waals surface area contributed by atoms with E-state index >= 15 is 0 Å². The van der Waals surface area contributed by atoms with Crippen molar-refractivity contribution in [3.8, 4) is 0 Å². The summed E-state index contributed by atoms with van der Waals surface area (Å²) >= 11 is 0. The number of benzene rings is 2. The fraction of sp³-hybridized carbons (Fsp3) is 0.176. The number of hydrogen-bond acceptors (Lipinski definition) is 5. The van der Waals surface area contributed by atoms with Crippen molar-refractivity contribution in [2.45, 2.75) is 6.42 Å². The lowest BCUT2D eigenvalue weighted by Gasteiger charge is -2.11. The summed E-state index contributed by atoms with van der Waals surface area (Å²) in [4.78, 5) is 23.9. The molecule has 24 heavy (non-hydrogen) atoms. The fourth-order valence-electron chi connectivity index (χ4n) is 2.00. The van der Waals surface area contributed by atoms with Gasteiger partial charge >= 0.3 is 0 Å². The quantitative estimate of drug-likeness (QED) is 0.501. The number of nitrogens with one attached hydrogen (secondary N) is 1. The van der Waals surface area contributed by atoms with E-state index in [-0.39, 0.29) is 18.0 Å². The van der Waals surface area contributed by atoms with Crippen LogP contribution in [-0.4, -0.2) is 31.1 Å². The largest absolute Gasteiger partial charge is 0.378 e. The Morgan fingerprint density at radius 3 is 2.33 bits per heavy atom. The number of non-ortho nitro benzene ring substituents is 1. The average Bonchev–Trinajstić information content (AvgIpc) is 2.55. The lowest BCUT2D eigenvalue weighted by molar-refractivity contribution is -0.384. The Morgan fingerprint density at radius 2 is 1.79 bits per heavy atom. The fourth-order valence-corrected chi connectivity index (χ4v) is 2.00. The molecule has 2 rings (SSSR count). The van der Waals surface area contributed by atoms with Gasteiger partial charge in [-0.2, -0.15) is 5.10 Å². The topological polar surface area (TPSA) is 87.8 Å². The van der Waals surface area contributed by atoms with Gasteiger partial charge in [-0.3, -0.25) is 14.9 Å². The van der Waals surface area contributed by atoms with E-state index in [1.165, 1.54) is 12.1 Å². The van der Waals surface area contributed by atoms with Gasteiger partial charge in [0.15, 0.2) is 0 Å². The molecule has 2 aromatic carbocycles. The molecule has 0 aliphatic rings. The third-order valence-corrected chi connectivity index (χ3v) is 3.32. The molecule has 0 aliphatic carbocycles. The predicted molar refractivity (Wildman–Crippen MR) is 93.3 cm³/mol. The van der Waals surface area contributed by atoms with E-state index < -0.39 is 4.92 Å². The van der Waals surface area contributed by atoms with Gasteiger partial charge in [-0.05, 0) is 23.3 Å². The minimum absolute atomic E-state index is 0.00153. The molecule has 1 N–H and O–H groups in total. The second-order valence-corrected chi connectivity index (χ2v) is 5.38. The van der Waals surface area contributed by atoms with Gasteiger partial charge in [-0.25, -0.2) is 5.43 Å². The van der Waals surface area contributed by atoms with Gasteiger partial charge in [0.2, 0.25) is 5.91 Å². The van der Waals surface area contributed by atoms with Crippen molar-refractivity contribution in [3.63, 3.8) is 0 Å². The maximum absolute atomic E-state index is 11.8. The number of carbonyl (C=O) groups excluding carboxylic acids is 1. The summed E-state index contributed by atoms with van der Waals surface area (Å²) in [6, 6.07) is 13.6. The van der Waals surface area contributed by atoms with Crippen molar-refractivity contribution in [2.75, 3.05) is 19.0 Å². The number of nitro benzene ring substituents is 1. The van der Waals surface area contributed by atoms with Crippen LogP contribution in [0.2, 0.25) is 0 Å². The highest BCUT2D eigenvalue weighted by atomic mass is 16.6. The van der Waals surface area contributed by atoms with Crippen molar-refractivity contribution >= 4 is 23.5 Å². The van der Waals surface area contributed by atoms with Crippen LogP contribution in [0.15, 0.2) is 53.6 Å². The maximum atomic E-state index is 11.8.